The lowest BCUT2D eigenvalue weighted by Crippen LogP contribution is -2.45. The first kappa shape index (κ1) is 21.0. The van der Waals surface area contributed by atoms with Crippen molar-refractivity contribution in [2.45, 2.75) is 33.2 Å². The molecule has 0 bridgehead atoms. The molecule has 0 aliphatic heterocycles. The molecule has 1 atom stereocenters. The maximum Gasteiger partial charge on any atom is 0.257 e. The first-order valence-corrected chi connectivity index (χ1v) is 9.06. The molecule has 7 heteroatoms. The normalized spacial score (nSPS) is 11.2. The Bertz CT molecular complexity index is 837. The Balaban J connectivity index is 1.82. The summed E-state index contributed by atoms with van der Waals surface area (Å²) in [5.74, 6) is -1.00. The van der Waals surface area contributed by atoms with Crippen molar-refractivity contribution in [3.05, 3.63) is 65.2 Å². The largest absolute Gasteiger partial charge is 0.376 e. The second kappa shape index (κ2) is 10.1. The van der Waals surface area contributed by atoms with Gasteiger partial charge in [-0.3, -0.25) is 25.2 Å². The van der Waals surface area contributed by atoms with Crippen LogP contribution in [0.2, 0.25) is 0 Å². The molecule has 0 saturated heterocycles. The van der Waals surface area contributed by atoms with Gasteiger partial charge in [-0.15, -0.1) is 0 Å². The molecule has 2 aromatic rings. The van der Waals surface area contributed by atoms with Crippen LogP contribution in [0.15, 0.2) is 48.5 Å². The fourth-order valence-corrected chi connectivity index (χ4v) is 2.79. The van der Waals surface area contributed by atoms with Gasteiger partial charge >= 0.3 is 0 Å². The molecule has 0 heterocycles. The molecule has 4 N–H and O–H groups in total. The molecule has 0 radical (unpaired) electrons. The third-order valence-corrected chi connectivity index (χ3v) is 4.13. The van der Waals surface area contributed by atoms with E-state index in [4.69, 9.17) is 0 Å². The summed E-state index contributed by atoms with van der Waals surface area (Å²) in [4.78, 5) is 35.6. The summed E-state index contributed by atoms with van der Waals surface area (Å²) in [5, 5.41) is 5.78. The van der Waals surface area contributed by atoms with E-state index >= 15 is 0 Å². The van der Waals surface area contributed by atoms with Crippen molar-refractivity contribution in [1.29, 1.82) is 0 Å². The van der Waals surface area contributed by atoms with Crippen molar-refractivity contribution in [3.63, 3.8) is 0 Å². The molecule has 148 valence electrons. The van der Waals surface area contributed by atoms with Gasteiger partial charge in [0, 0.05) is 12.6 Å². The highest BCUT2D eigenvalue weighted by Gasteiger charge is 2.17. The van der Waals surface area contributed by atoms with Gasteiger partial charge < -0.3 is 10.6 Å². The van der Waals surface area contributed by atoms with Crippen LogP contribution in [0.1, 0.15) is 36.1 Å². The smallest absolute Gasteiger partial charge is 0.257 e. The lowest BCUT2D eigenvalue weighted by Gasteiger charge is -2.18. The van der Waals surface area contributed by atoms with E-state index in [1.165, 1.54) is 6.92 Å². The zero-order valence-corrected chi connectivity index (χ0v) is 16.3. The minimum atomic E-state index is -0.469. The average Bonchev–Trinajstić information content (AvgIpc) is 2.65. The average molecular weight is 382 g/mol. The molecule has 0 saturated carbocycles. The van der Waals surface area contributed by atoms with Gasteiger partial charge in [0.15, 0.2) is 0 Å². The summed E-state index contributed by atoms with van der Waals surface area (Å²) in [5.41, 5.74) is 8.63. The van der Waals surface area contributed by atoms with Crippen molar-refractivity contribution in [1.82, 2.24) is 16.2 Å². The van der Waals surface area contributed by atoms with Crippen LogP contribution < -0.4 is 21.5 Å². The molecule has 2 rings (SSSR count). The summed E-state index contributed by atoms with van der Waals surface area (Å²) >= 11 is 0. The van der Waals surface area contributed by atoms with E-state index in [1.807, 2.05) is 62.4 Å². The number of hydrogen-bond acceptors (Lipinski definition) is 4. The number of hydrazine groups is 1. The molecule has 0 fully saturated rings. The molecule has 3 amide bonds. The third kappa shape index (κ3) is 6.75. The van der Waals surface area contributed by atoms with Crippen molar-refractivity contribution in [2.75, 3.05) is 11.9 Å². The van der Waals surface area contributed by atoms with E-state index in [0.717, 1.165) is 22.4 Å². The SMILES string of the molecule is CC(=O)NC(CC(=O)NNC(=O)CNc1ccc(C)cc1C)c1ccccc1. The van der Waals surface area contributed by atoms with Gasteiger partial charge in [-0.1, -0.05) is 48.0 Å². The molecular formula is C21H26N4O3. The van der Waals surface area contributed by atoms with E-state index in [0.29, 0.717) is 0 Å². The minimum Gasteiger partial charge on any atom is -0.376 e. The first-order valence-electron chi connectivity index (χ1n) is 9.06. The van der Waals surface area contributed by atoms with Crippen molar-refractivity contribution >= 4 is 23.4 Å². The number of hydrogen-bond donors (Lipinski definition) is 4. The van der Waals surface area contributed by atoms with Crippen molar-refractivity contribution in [3.8, 4) is 0 Å². The fraction of sp³-hybridized carbons (Fsp3) is 0.286. The third-order valence-electron chi connectivity index (χ3n) is 4.13. The van der Waals surface area contributed by atoms with Crippen LogP contribution in [-0.2, 0) is 14.4 Å². The Morgan fingerprint density at radius 2 is 1.61 bits per heavy atom. The second-order valence-electron chi connectivity index (χ2n) is 6.64. The monoisotopic (exact) mass is 382 g/mol. The Morgan fingerprint density at radius 3 is 2.25 bits per heavy atom. The zero-order valence-electron chi connectivity index (χ0n) is 16.3. The van der Waals surface area contributed by atoms with Gasteiger partial charge in [0.2, 0.25) is 11.8 Å². The summed E-state index contributed by atoms with van der Waals surface area (Å²) in [6.45, 7) is 5.38. The molecule has 0 aliphatic carbocycles. The van der Waals surface area contributed by atoms with Crippen LogP contribution >= 0.6 is 0 Å². The predicted molar refractivity (Wildman–Crippen MR) is 108 cm³/mol. The Morgan fingerprint density at radius 1 is 0.929 bits per heavy atom. The number of nitrogens with one attached hydrogen (secondary N) is 4. The van der Waals surface area contributed by atoms with Crippen molar-refractivity contribution < 1.29 is 14.4 Å². The highest BCUT2D eigenvalue weighted by atomic mass is 16.2. The number of anilines is 1. The summed E-state index contributed by atoms with van der Waals surface area (Å²) in [6.07, 6.45) is 0.00831. The van der Waals surface area contributed by atoms with E-state index in [2.05, 4.69) is 21.5 Å². The van der Waals surface area contributed by atoms with E-state index in [1.54, 1.807) is 0 Å². The van der Waals surface area contributed by atoms with Gasteiger partial charge in [0.1, 0.15) is 0 Å². The predicted octanol–water partition coefficient (Wildman–Crippen LogP) is 2.13. The van der Waals surface area contributed by atoms with Gasteiger partial charge in [-0.25, -0.2) is 0 Å². The molecule has 0 aliphatic rings. The minimum absolute atomic E-state index is 0.00831. The van der Waals surface area contributed by atoms with Crippen LogP contribution in [0.25, 0.3) is 0 Å². The highest BCUT2D eigenvalue weighted by Crippen LogP contribution is 2.16. The topological polar surface area (TPSA) is 99.3 Å². The second-order valence-corrected chi connectivity index (χ2v) is 6.64. The number of benzene rings is 2. The fourth-order valence-electron chi connectivity index (χ4n) is 2.79. The summed E-state index contributed by atoms with van der Waals surface area (Å²) in [7, 11) is 0. The maximum absolute atomic E-state index is 12.2. The number of aryl methyl sites for hydroxylation is 2. The van der Waals surface area contributed by atoms with Gasteiger partial charge in [-0.05, 0) is 31.0 Å². The lowest BCUT2D eigenvalue weighted by molar-refractivity contribution is -0.128. The van der Waals surface area contributed by atoms with Crippen LogP contribution in [0.3, 0.4) is 0 Å². The Kier molecular flexibility index (Phi) is 7.56. The first-order chi connectivity index (χ1) is 13.3. The number of rotatable bonds is 7. The molecule has 1 unspecified atom stereocenters. The van der Waals surface area contributed by atoms with Crippen molar-refractivity contribution in [2.24, 2.45) is 0 Å². The summed E-state index contributed by atoms with van der Waals surface area (Å²) < 4.78 is 0. The van der Waals surface area contributed by atoms with Crippen LogP contribution in [0.5, 0.6) is 0 Å². The zero-order chi connectivity index (χ0) is 20.5. The standard InChI is InChI=1S/C21H26N4O3/c1-14-9-10-18(15(2)11-14)22-13-21(28)25-24-20(27)12-19(23-16(3)26)17-7-5-4-6-8-17/h4-11,19,22H,12-13H2,1-3H3,(H,23,26)(H,24,27)(H,25,28). The van der Waals surface area contributed by atoms with Gasteiger partial charge in [0.05, 0.1) is 19.0 Å². The van der Waals surface area contributed by atoms with Crippen LogP contribution in [-0.4, -0.2) is 24.3 Å². The molecular weight excluding hydrogens is 356 g/mol. The molecule has 0 aromatic heterocycles. The van der Waals surface area contributed by atoms with Gasteiger partial charge in [-0.2, -0.15) is 0 Å². The number of amides is 3. The lowest BCUT2D eigenvalue weighted by atomic mass is 10.0. The Hall–Kier alpha value is -3.35. The molecule has 0 spiro atoms. The quantitative estimate of drug-likeness (QED) is 0.551. The van der Waals surface area contributed by atoms with Gasteiger partial charge in [0.25, 0.3) is 5.91 Å². The molecule has 7 nitrogen and oxygen atoms in total. The summed E-state index contributed by atoms with van der Waals surface area (Å²) in [6, 6.07) is 14.6. The highest BCUT2D eigenvalue weighted by molar-refractivity contribution is 5.85. The molecule has 2 aromatic carbocycles. The van der Waals surface area contributed by atoms with E-state index in [9.17, 15) is 14.4 Å². The number of carbonyl (C=O) groups excluding carboxylic acids is 3. The van der Waals surface area contributed by atoms with E-state index in [-0.39, 0.29) is 24.8 Å². The number of carbonyl (C=O) groups is 3. The maximum atomic E-state index is 12.2. The van der Waals surface area contributed by atoms with Crippen LogP contribution in [0.4, 0.5) is 5.69 Å². The molecule has 28 heavy (non-hydrogen) atoms. The Labute approximate surface area is 164 Å². The van der Waals surface area contributed by atoms with E-state index < -0.39 is 11.9 Å². The van der Waals surface area contributed by atoms with Crippen LogP contribution in [0, 0.1) is 13.8 Å².